The molecule has 1 saturated heterocycles. The van der Waals surface area contributed by atoms with E-state index in [1.807, 2.05) is 18.5 Å². The summed E-state index contributed by atoms with van der Waals surface area (Å²) in [5.41, 5.74) is 1.65. The zero-order valence-electron chi connectivity index (χ0n) is 15.6. The highest BCUT2D eigenvalue weighted by Crippen LogP contribution is 2.56. The zero-order chi connectivity index (χ0) is 17.3. The highest BCUT2D eigenvalue weighted by atomic mass is 35.5. The second kappa shape index (κ2) is 9.57. The van der Waals surface area contributed by atoms with Crippen molar-refractivity contribution in [1.29, 1.82) is 0 Å². The van der Waals surface area contributed by atoms with E-state index in [1.54, 1.807) is 6.20 Å². The van der Waals surface area contributed by atoms with Crippen LogP contribution >= 0.6 is 36.4 Å². The van der Waals surface area contributed by atoms with Crippen molar-refractivity contribution in [1.82, 2.24) is 24.8 Å². The van der Waals surface area contributed by atoms with Crippen LogP contribution in [-0.2, 0) is 19.6 Å². The van der Waals surface area contributed by atoms with E-state index < -0.39 is 0 Å². The Morgan fingerprint density at radius 1 is 1.26 bits per heavy atom. The van der Waals surface area contributed by atoms with Crippen molar-refractivity contribution in [2.75, 3.05) is 13.1 Å². The first-order valence-electron chi connectivity index (χ1n) is 9.25. The minimum Gasteiger partial charge on any atom is -0.334 e. The third-order valence-corrected chi connectivity index (χ3v) is 6.24. The summed E-state index contributed by atoms with van der Waals surface area (Å²) in [6.45, 7) is 7.14. The Kier molecular flexibility index (Phi) is 7.95. The molecular formula is C19H28Cl3N5. The quantitative estimate of drug-likeness (QED) is 0.751. The number of piperidine rings is 1. The fraction of sp³-hybridized carbons (Fsp3) is 0.579. The molecule has 5 nitrogen and oxygen atoms in total. The van der Waals surface area contributed by atoms with Crippen LogP contribution in [-0.4, -0.2) is 38.6 Å². The lowest BCUT2D eigenvalue weighted by Gasteiger charge is -2.29. The Bertz CT molecular complexity index is 730. The lowest BCUT2D eigenvalue weighted by Crippen LogP contribution is -2.36. The van der Waals surface area contributed by atoms with Crippen LogP contribution in [0.4, 0.5) is 0 Å². The predicted octanol–water partition coefficient (Wildman–Crippen LogP) is 3.94. The van der Waals surface area contributed by atoms with Crippen molar-refractivity contribution in [3.63, 3.8) is 0 Å². The monoisotopic (exact) mass is 431 g/mol. The van der Waals surface area contributed by atoms with Gasteiger partial charge < -0.3 is 9.88 Å². The molecule has 0 radical (unpaired) electrons. The van der Waals surface area contributed by atoms with Gasteiger partial charge in [0.25, 0.3) is 0 Å². The fourth-order valence-corrected chi connectivity index (χ4v) is 4.47. The highest BCUT2D eigenvalue weighted by Gasteiger charge is 2.56. The summed E-state index contributed by atoms with van der Waals surface area (Å²) < 4.78 is 2.23. The van der Waals surface area contributed by atoms with Crippen molar-refractivity contribution in [2.45, 2.75) is 51.9 Å². The number of aryl methyl sites for hydroxylation is 1. The molecule has 2 aliphatic rings. The lowest BCUT2D eigenvalue weighted by molar-refractivity contribution is 0.182. The molecule has 0 bridgehead atoms. The predicted molar refractivity (Wildman–Crippen MR) is 114 cm³/mol. The van der Waals surface area contributed by atoms with Crippen LogP contribution in [0.5, 0.6) is 0 Å². The summed E-state index contributed by atoms with van der Waals surface area (Å²) in [5.74, 6) is 1.14. The molecule has 2 fully saturated rings. The Morgan fingerprint density at radius 3 is 2.74 bits per heavy atom. The van der Waals surface area contributed by atoms with E-state index in [0.29, 0.717) is 11.5 Å². The van der Waals surface area contributed by atoms with Gasteiger partial charge in [0.1, 0.15) is 5.82 Å². The summed E-state index contributed by atoms with van der Waals surface area (Å²) in [7, 11) is 0. The molecule has 1 aliphatic heterocycles. The maximum atomic E-state index is 6.39. The van der Waals surface area contributed by atoms with Crippen molar-refractivity contribution in [2.24, 2.45) is 5.41 Å². The topological polar surface area (TPSA) is 46.0 Å². The molecule has 3 heterocycles. The van der Waals surface area contributed by atoms with Gasteiger partial charge in [-0.05, 0) is 56.3 Å². The van der Waals surface area contributed by atoms with E-state index >= 15 is 0 Å². The standard InChI is InChI=1S/C19H26ClN5.2ClH/c1-2-24-10-9-23-18(24)14-25(13-15-3-6-22-12-16(15)20)17-11-19(17)4-7-21-8-5-19;;/h3,6,9-10,12,17,21H,2,4-5,7-8,11,13-14H2,1H3;2*1H. The van der Waals surface area contributed by atoms with Gasteiger partial charge in [-0.1, -0.05) is 11.6 Å². The Balaban J connectivity index is 0.00000131. The lowest BCUT2D eigenvalue weighted by atomic mass is 9.93. The van der Waals surface area contributed by atoms with E-state index in [-0.39, 0.29) is 24.8 Å². The van der Waals surface area contributed by atoms with Crippen LogP contribution in [0.25, 0.3) is 0 Å². The maximum absolute atomic E-state index is 6.39. The van der Waals surface area contributed by atoms with Gasteiger partial charge in [-0.3, -0.25) is 9.88 Å². The third-order valence-electron chi connectivity index (χ3n) is 5.90. The van der Waals surface area contributed by atoms with Crippen LogP contribution in [0.1, 0.15) is 37.6 Å². The second-order valence-electron chi connectivity index (χ2n) is 7.33. The van der Waals surface area contributed by atoms with Gasteiger partial charge in [-0.15, -0.1) is 24.8 Å². The smallest absolute Gasteiger partial charge is 0.122 e. The van der Waals surface area contributed by atoms with Gasteiger partial charge in [-0.2, -0.15) is 0 Å². The van der Waals surface area contributed by atoms with Gasteiger partial charge in [-0.25, -0.2) is 4.98 Å². The molecule has 150 valence electrons. The second-order valence-corrected chi connectivity index (χ2v) is 7.74. The molecule has 27 heavy (non-hydrogen) atoms. The molecule has 4 rings (SSSR count). The van der Waals surface area contributed by atoms with Crippen LogP contribution in [0.3, 0.4) is 0 Å². The van der Waals surface area contributed by atoms with Crippen molar-refractivity contribution >= 4 is 36.4 Å². The van der Waals surface area contributed by atoms with Crippen LogP contribution in [0.2, 0.25) is 5.02 Å². The Labute approximate surface area is 178 Å². The number of imidazole rings is 1. The molecule has 2 aromatic rings. The molecule has 8 heteroatoms. The summed E-state index contributed by atoms with van der Waals surface area (Å²) in [6.07, 6.45) is 11.4. The molecule has 1 spiro atoms. The summed E-state index contributed by atoms with van der Waals surface area (Å²) in [5, 5.41) is 4.25. The highest BCUT2D eigenvalue weighted by molar-refractivity contribution is 6.31. The minimum absolute atomic E-state index is 0. The summed E-state index contributed by atoms with van der Waals surface area (Å²) >= 11 is 6.39. The molecule has 0 amide bonds. The molecule has 1 N–H and O–H groups in total. The van der Waals surface area contributed by atoms with Crippen LogP contribution in [0, 0.1) is 5.41 Å². The number of halogens is 3. The van der Waals surface area contributed by atoms with E-state index in [0.717, 1.165) is 49.1 Å². The first kappa shape index (κ1) is 22.4. The number of nitrogens with one attached hydrogen (secondary N) is 1. The van der Waals surface area contributed by atoms with Gasteiger partial charge in [0, 0.05) is 43.9 Å². The van der Waals surface area contributed by atoms with E-state index in [9.17, 15) is 0 Å². The first-order chi connectivity index (χ1) is 12.2. The van der Waals surface area contributed by atoms with Crippen molar-refractivity contribution in [3.8, 4) is 0 Å². The largest absolute Gasteiger partial charge is 0.334 e. The first-order valence-corrected chi connectivity index (χ1v) is 9.63. The van der Waals surface area contributed by atoms with Gasteiger partial charge in [0.15, 0.2) is 0 Å². The number of hydrogen-bond acceptors (Lipinski definition) is 4. The number of pyridine rings is 1. The molecule has 1 aliphatic carbocycles. The van der Waals surface area contributed by atoms with Crippen molar-refractivity contribution < 1.29 is 0 Å². The minimum atomic E-state index is 0. The molecule has 1 saturated carbocycles. The van der Waals surface area contributed by atoms with Crippen molar-refractivity contribution in [3.05, 3.63) is 47.3 Å². The zero-order valence-corrected chi connectivity index (χ0v) is 18.0. The fourth-order valence-electron chi connectivity index (χ4n) is 4.29. The molecule has 1 atom stereocenters. The Hall–Kier alpha value is -0.850. The molecule has 0 aromatic carbocycles. The van der Waals surface area contributed by atoms with E-state index in [1.165, 1.54) is 19.3 Å². The van der Waals surface area contributed by atoms with Gasteiger partial charge >= 0.3 is 0 Å². The normalized spacial score (nSPS) is 20.2. The number of rotatable bonds is 6. The van der Waals surface area contributed by atoms with Gasteiger partial charge in [0.2, 0.25) is 0 Å². The average Bonchev–Trinajstić information content (AvgIpc) is 3.12. The summed E-state index contributed by atoms with van der Waals surface area (Å²) in [6, 6.07) is 2.67. The third kappa shape index (κ3) is 4.77. The summed E-state index contributed by atoms with van der Waals surface area (Å²) in [4.78, 5) is 11.3. The maximum Gasteiger partial charge on any atom is 0.122 e. The number of hydrogen-bond donors (Lipinski definition) is 1. The Morgan fingerprint density at radius 2 is 2.04 bits per heavy atom. The van der Waals surface area contributed by atoms with Crippen LogP contribution in [0.15, 0.2) is 30.9 Å². The number of nitrogens with zero attached hydrogens (tertiary/aromatic N) is 4. The van der Waals surface area contributed by atoms with E-state index in [2.05, 4.69) is 37.9 Å². The van der Waals surface area contributed by atoms with E-state index in [4.69, 9.17) is 11.6 Å². The molecule has 2 aromatic heterocycles. The SMILES string of the molecule is CCn1ccnc1CN(Cc1ccncc1Cl)C1CC12CCNCC2.Cl.Cl. The molecular weight excluding hydrogens is 405 g/mol. The number of aromatic nitrogens is 3. The molecule has 1 unspecified atom stereocenters. The average molecular weight is 433 g/mol. The van der Waals surface area contributed by atoms with Crippen LogP contribution < -0.4 is 5.32 Å². The van der Waals surface area contributed by atoms with Gasteiger partial charge in [0.05, 0.1) is 11.6 Å².